The number of carbonyl (C=O) groups excluding carboxylic acids is 2. The zero-order valence-electron chi connectivity index (χ0n) is 20.1. The van der Waals surface area contributed by atoms with E-state index in [1.165, 1.54) is 24.6 Å². The second kappa shape index (κ2) is 11.4. The van der Waals surface area contributed by atoms with Crippen LogP contribution in [0.3, 0.4) is 0 Å². The van der Waals surface area contributed by atoms with E-state index < -0.39 is 11.0 Å². The summed E-state index contributed by atoms with van der Waals surface area (Å²) in [4.78, 5) is 42.4. The van der Waals surface area contributed by atoms with E-state index in [4.69, 9.17) is 0 Å². The highest BCUT2D eigenvalue weighted by atomic mass is 16.6. The molecule has 0 spiro atoms. The lowest BCUT2D eigenvalue weighted by atomic mass is 10.1. The molecule has 9 nitrogen and oxygen atoms in total. The van der Waals surface area contributed by atoms with Gasteiger partial charge in [0.2, 0.25) is 11.8 Å². The van der Waals surface area contributed by atoms with Gasteiger partial charge < -0.3 is 15.1 Å². The number of hydrogen-bond donors (Lipinski definition) is 1. The summed E-state index contributed by atoms with van der Waals surface area (Å²) in [5, 5.41) is 14.3. The second-order valence-corrected chi connectivity index (χ2v) is 9.28. The van der Waals surface area contributed by atoms with Crippen LogP contribution in [-0.4, -0.2) is 82.8 Å². The van der Waals surface area contributed by atoms with Crippen molar-refractivity contribution in [2.75, 3.05) is 39.3 Å². The lowest BCUT2D eigenvalue weighted by Gasteiger charge is -2.32. The van der Waals surface area contributed by atoms with E-state index >= 15 is 0 Å². The third-order valence-corrected chi connectivity index (χ3v) is 6.98. The number of nitrogens with zero attached hydrogens (tertiary/aromatic N) is 4. The van der Waals surface area contributed by atoms with Gasteiger partial charge in [-0.05, 0) is 24.0 Å². The predicted molar refractivity (Wildman–Crippen MR) is 133 cm³/mol. The summed E-state index contributed by atoms with van der Waals surface area (Å²) in [6, 6.07) is 16.4. The molecule has 2 atom stereocenters. The maximum absolute atomic E-state index is 13.3. The molecule has 2 amide bonds. The molecule has 0 bridgehead atoms. The van der Waals surface area contributed by atoms with Gasteiger partial charge in [0.15, 0.2) is 0 Å². The third-order valence-electron chi connectivity index (χ3n) is 6.98. The van der Waals surface area contributed by atoms with E-state index in [0.717, 1.165) is 31.6 Å². The molecule has 0 radical (unpaired) electrons. The van der Waals surface area contributed by atoms with Gasteiger partial charge in [0.05, 0.1) is 4.92 Å². The first-order chi connectivity index (χ1) is 16.9. The lowest BCUT2D eigenvalue weighted by molar-refractivity contribution is -0.384. The molecule has 0 saturated carbocycles. The number of carbonyl (C=O) groups is 2. The first-order valence-electron chi connectivity index (χ1n) is 12.2. The van der Waals surface area contributed by atoms with Crippen molar-refractivity contribution < 1.29 is 14.5 Å². The Morgan fingerprint density at radius 3 is 2.37 bits per heavy atom. The molecule has 2 fully saturated rings. The fraction of sp³-hybridized carbons (Fsp3) is 0.462. The van der Waals surface area contributed by atoms with E-state index in [9.17, 15) is 19.7 Å². The van der Waals surface area contributed by atoms with E-state index in [-0.39, 0.29) is 23.5 Å². The monoisotopic (exact) mass is 479 g/mol. The van der Waals surface area contributed by atoms with Crippen molar-refractivity contribution in [3.8, 4) is 0 Å². The molecule has 1 N–H and O–H groups in total. The standard InChI is InChI=1S/C26H33N5O4/c1-20(32)30-19-24(17-25(30)26(33)28-15-12-27-13-16-28)29(14-11-21-5-3-2-4-6-21)18-22-7-9-23(10-8-22)31(34)35/h2-10,24-25,27H,11-19H2,1H3. The second-order valence-electron chi connectivity index (χ2n) is 9.28. The largest absolute Gasteiger partial charge is 0.338 e. The number of amides is 2. The van der Waals surface area contributed by atoms with Gasteiger partial charge in [-0.25, -0.2) is 0 Å². The van der Waals surface area contributed by atoms with E-state index in [1.807, 2.05) is 23.1 Å². The van der Waals surface area contributed by atoms with Crippen LogP contribution in [0.5, 0.6) is 0 Å². The number of hydrogen-bond acceptors (Lipinski definition) is 6. The number of nitro groups is 1. The summed E-state index contributed by atoms with van der Waals surface area (Å²) >= 11 is 0. The van der Waals surface area contributed by atoms with Crippen molar-refractivity contribution in [1.82, 2.24) is 20.0 Å². The Hall–Kier alpha value is -3.30. The number of rotatable bonds is 8. The van der Waals surface area contributed by atoms with Crippen molar-refractivity contribution >= 4 is 17.5 Å². The highest BCUT2D eigenvalue weighted by molar-refractivity contribution is 5.87. The van der Waals surface area contributed by atoms with Crippen LogP contribution in [0.4, 0.5) is 5.69 Å². The molecular formula is C26H33N5O4. The number of benzene rings is 2. The molecule has 2 unspecified atom stereocenters. The maximum Gasteiger partial charge on any atom is 0.269 e. The van der Waals surface area contributed by atoms with Gasteiger partial charge in [-0.3, -0.25) is 24.6 Å². The molecule has 2 aliphatic rings. The summed E-state index contributed by atoms with van der Waals surface area (Å²) in [5.74, 6) is -0.0538. The molecule has 2 aromatic carbocycles. The SMILES string of the molecule is CC(=O)N1CC(N(CCc2ccccc2)Cc2ccc([N+](=O)[O-])cc2)CC1C(=O)N1CCNCC1. The molecule has 0 aromatic heterocycles. The fourth-order valence-corrected chi connectivity index (χ4v) is 5.02. The summed E-state index contributed by atoms with van der Waals surface area (Å²) in [5.41, 5.74) is 2.25. The van der Waals surface area contributed by atoms with Crippen molar-refractivity contribution in [3.63, 3.8) is 0 Å². The molecule has 0 aliphatic carbocycles. The van der Waals surface area contributed by atoms with Crippen LogP contribution in [0.1, 0.15) is 24.5 Å². The van der Waals surface area contributed by atoms with Gasteiger partial charge in [0.25, 0.3) is 5.69 Å². The Balaban J connectivity index is 1.52. The zero-order chi connectivity index (χ0) is 24.8. The van der Waals surface area contributed by atoms with Crippen LogP contribution in [0, 0.1) is 10.1 Å². The molecule has 186 valence electrons. The highest BCUT2D eigenvalue weighted by Gasteiger charge is 2.42. The summed E-state index contributed by atoms with van der Waals surface area (Å²) < 4.78 is 0. The number of likely N-dealkylation sites (tertiary alicyclic amines) is 1. The predicted octanol–water partition coefficient (Wildman–Crippen LogP) is 2.06. The molecule has 4 rings (SSSR count). The Morgan fingerprint density at radius 1 is 1.06 bits per heavy atom. The summed E-state index contributed by atoms with van der Waals surface area (Å²) in [7, 11) is 0. The van der Waals surface area contributed by atoms with Crippen LogP contribution in [0.15, 0.2) is 54.6 Å². The molecule has 9 heteroatoms. The first-order valence-corrected chi connectivity index (χ1v) is 12.2. The molecule has 35 heavy (non-hydrogen) atoms. The Morgan fingerprint density at radius 2 is 1.74 bits per heavy atom. The molecule has 2 aromatic rings. The summed E-state index contributed by atoms with van der Waals surface area (Å²) in [6.07, 6.45) is 1.42. The van der Waals surface area contributed by atoms with Crippen molar-refractivity contribution in [1.29, 1.82) is 0 Å². The van der Waals surface area contributed by atoms with Crippen molar-refractivity contribution in [2.24, 2.45) is 0 Å². The quantitative estimate of drug-likeness (QED) is 0.460. The molecule has 2 aliphatic heterocycles. The van der Waals surface area contributed by atoms with Crippen molar-refractivity contribution in [3.05, 3.63) is 75.8 Å². The van der Waals surface area contributed by atoms with E-state index in [0.29, 0.717) is 32.6 Å². The lowest BCUT2D eigenvalue weighted by Crippen LogP contribution is -2.53. The minimum Gasteiger partial charge on any atom is -0.338 e. The van der Waals surface area contributed by atoms with Crippen LogP contribution in [0.25, 0.3) is 0 Å². The van der Waals surface area contributed by atoms with Crippen LogP contribution in [0.2, 0.25) is 0 Å². The smallest absolute Gasteiger partial charge is 0.269 e. The Labute approximate surface area is 205 Å². The summed E-state index contributed by atoms with van der Waals surface area (Å²) in [6.45, 7) is 6.24. The fourth-order valence-electron chi connectivity index (χ4n) is 5.02. The van der Waals surface area contributed by atoms with Gasteiger partial charge in [-0.1, -0.05) is 42.5 Å². The number of piperazine rings is 1. The van der Waals surface area contributed by atoms with Crippen LogP contribution in [-0.2, 0) is 22.6 Å². The average Bonchev–Trinajstić information content (AvgIpc) is 3.33. The van der Waals surface area contributed by atoms with Gasteiger partial charge in [0.1, 0.15) is 6.04 Å². The minimum absolute atomic E-state index is 0.0228. The highest BCUT2D eigenvalue weighted by Crippen LogP contribution is 2.26. The first kappa shape index (κ1) is 24.8. The van der Waals surface area contributed by atoms with Gasteiger partial charge in [-0.15, -0.1) is 0 Å². The van der Waals surface area contributed by atoms with Crippen LogP contribution < -0.4 is 5.32 Å². The molecular weight excluding hydrogens is 446 g/mol. The zero-order valence-corrected chi connectivity index (χ0v) is 20.1. The Kier molecular flexibility index (Phi) is 8.09. The third kappa shape index (κ3) is 6.23. The normalized spacial score (nSPS) is 20.3. The number of nitrogens with one attached hydrogen (secondary N) is 1. The van der Waals surface area contributed by atoms with Gasteiger partial charge >= 0.3 is 0 Å². The van der Waals surface area contributed by atoms with Crippen LogP contribution >= 0.6 is 0 Å². The Bertz CT molecular complexity index is 1020. The number of nitro benzene ring substituents is 1. The molecule has 2 heterocycles. The number of non-ortho nitro benzene ring substituents is 1. The average molecular weight is 480 g/mol. The minimum atomic E-state index is -0.452. The molecule has 2 saturated heterocycles. The van der Waals surface area contributed by atoms with E-state index in [1.54, 1.807) is 17.0 Å². The van der Waals surface area contributed by atoms with Crippen molar-refractivity contribution in [2.45, 2.75) is 38.4 Å². The van der Waals surface area contributed by atoms with Gasteiger partial charge in [0, 0.05) is 70.9 Å². The maximum atomic E-state index is 13.3. The van der Waals surface area contributed by atoms with E-state index in [2.05, 4.69) is 22.3 Å². The van der Waals surface area contributed by atoms with Gasteiger partial charge in [-0.2, -0.15) is 0 Å². The topological polar surface area (TPSA) is 99.0 Å².